The fourth-order valence-corrected chi connectivity index (χ4v) is 3.36. The first-order chi connectivity index (χ1) is 16.0. The number of phenols is 1. The summed E-state index contributed by atoms with van der Waals surface area (Å²) in [5.41, 5.74) is 1.18. The van der Waals surface area contributed by atoms with E-state index in [0.717, 1.165) is 24.0 Å². The van der Waals surface area contributed by atoms with Crippen LogP contribution in [0.15, 0.2) is 48.5 Å². The van der Waals surface area contributed by atoms with E-state index in [4.69, 9.17) is 4.74 Å². The van der Waals surface area contributed by atoms with Crippen molar-refractivity contribution in [3.63, 3.8) is 0 Å². The largest absolute Gasteiger partial charge is 0.507 e. The van der Waals surface area contributed by atoms with Gasteiger partial charge in [-0.05, 0) is 69.8 Å². The average Bonchev–Trinajstić information content (AvgIpc) is 2.75. The van der Waals surface area contributed by atoms with E-state index in [9.17, 15) is 24.6 Å². The maximum atomic E-state index is 12.6. The van der Waals surface area contributed by atoms with Gasteiger partial charge in [0.2, 0.25) is 0 Å². The van der Waals surface area contributed by atoms with Crippen LogP contribution in [-0.4, -0.2) is 52.8 Å². The van der Waals surface area contributed by atoms with Gasteiger partial charge in [0.25, 0.3) is 5.91 Å². The molecule has 4 N–H and O–H groups in total. The summed E-state index contributed by atoms with van der Waals surface area (Å²) < 4.78 is 5.23. The van der Waals surface area contributed by atoms with E-state index >= 15 is 0 Å². The van der Waals surface area contributed by atoms with Crippen LogP contribution in [0.25, 0.3) is 0 Å². The first kappa shape index (κ1) is 26.9. The van der Waals surface area contributed by atoms with Crippen LogP contribution in [0.3, 0.4) is 0 Å². The highest BCUT2D eigenvalue weighted by Crippen LogP contribution is 2.20. The summed E-state index contributed by atoms with van der Waals surface area (Å²) in [6.07, 6.45) is 2.48. The van der Waals surface area contributed by atoms with Crippen molar-refractivity contribution in [1.29, 1.82) is 0 Å². The van der Waals surface area contributed by atoms with E-state index < -0.39 is 23.5 Å². The molecule has 2 aromatic rings. The molecular formula is C26H34N2O6. The Kier molecular flexibility index (Phi) is 10.1. The van der Waals surface area contributed by atoms with Gasteiger partial charge in [0.05, 0.1) is 12.1 Å². The molecule has 0 radical (unpaired) electrons. The molecule has 0 heterocycles. The van der Waals surface area contributed by atoms with Gasteiger partial charge in [-0.3, -0.25) is 9.59 Å². The number of carbonyl (C=O) groups is 3. The van der Waals surface area contributed by atoms with Crippen molar-refractivity contribution in [2.45, 2.75) is 58.1 Å². The molecule has 1 atom stereocenters. The Balaban J connectivity index is 1.80. The molecule has 0 fully saturated rings. The molecule has 34 heavy (non-hydrogen) atoms. The van der Waals surface area contributed by atoms with Gasteiger partial charge in [-0.2, -0.15) is 0 Å². The number of hydrogen-bond acceptors (Lipinski definition) is 6. The van der Waals surface area contributed by atoms with Crippen LogP contribution in [0, 0.1) is 0 Å². The summed E-state index contributed by atoms with van der Waals surface area (Å²) in [4.78, 5) is 35.8. The fourth-order valence-electron chi connectivity index (χ4n) is 3.36. The predicted molar refractivity (Wildman–Crippen MR) is 129 cm³/mol. The molecule has 8 heteroatoms. The SMILES string of the molecule is CC(C)(C)OC(=O)CNCCCCc1ccc(C(=O)N[C@@H](Cc2ccccc2)C(=O)O)c(O)c1. The van der Waals surface area contributed by atoms with Gasteiger partial charge in [-0.25, -0.2) is 4.79 Å². The predicted octanol–water partition coefficient (Wildman–Crippen LogP) is 3.07. The van der Waals surface area contributed by atoms with Crippen molar-refractivity contribution in [3.8, 4) is 5.75 Å². The quantitative estimate of drug-likeness (QED) is 0.277. The number of nitrogens with one attached hydrogen (secondary N) is 2. The molecule has 184 valence electrons. The van der Waals surface area contributed by atoms with Crippen molar-refractivity contribution in [3.05, 3.63) is 65.2 Å². The third-order valence-corrected chi connectivity index (χ3v) is 4.95. The number of hydrogen-bond donors (Lipinski definition) is 4. The number of rotatable bonds is 12. The number of aryl methyl sites for hydroxylation is 1. The first-order valence-corrected chi connectivity index (χ1v) is 11.4. The molecule has 1 amide bonds. The van der Waals surface area contributed by atoms with Crippen molar-refractivity contribution >= 4 is 17.8 Å². The van der Waals surface area contributed by atoms with E-state index in [2.05, 4.69) is 10.6 Å². The van der Waals surface area contributed by atoms with Gasteiger partial charge in [-0.1, -0.05) is 36.4 Å². The molecule has 0 aliphatic heterocycles. The minimum atomic E-state index is -1.14. The highest BCUT2D eigenvalue weighted by molar-refractivity contribution is 5.98. The number of carbonyl (C=O) groups excluding carboxylic acids is 2. The van der Waals surface area contributed by atoms with Crippen molar-refractivity contribution in [2.75, 3.05) is 13.1 Å². The molecule has 0 unspecified atom stereocenters. The Morgan fingerprint density at radius 2 is 1.71 bits per heavy atom. The van der Waals surface area contributed by atoms with E-state index in [1.54, 1.807) is 30.3 Å². The zero-order valence-electron chi connectivity index (χ0n) is 20.0. The van der Waals surface area contributed by atoms with Gasteiger partial charge in [-0.15, -0.1) is 0 Å². The fraction of sp³-hybridized carbons (Fsp3) is 0.423. The molecule has 2 aromatic carbocycles. The van der Waals surface area contributed by atoms with Crippen LogP contribution in [0.1, 0.15) is 55.1 Å². The zero-order chi connectivity index (χ0) is 25.1. The number of aliphatic carboxylic acids is 1. The number of carboxylic acids is 1. The maximum absolute atomic E-state index is 12.6. The summed E-state index contributed by atoms with van der Waals surface area (Å²) in [7, 11) is 0. The zero-order valence-corrected chi connectivity index (χ0v) is 20.0. The van der Waals surface area contributed by atoms with Crippen LogP contribution in [-0.2, 0) is 27.2 Å². The summed E-state index contributed by atoms with van der Waals surface area (Å²) >= 11 is 0. The van der Waals surface area contributed by atoms with Crippen LogP contribution < -0.4 is 10.6 Å². The van der Waals surface area contributed by atoms with E-state index in [-0.39, 0.29) is 30.2 Å². The van der Waals surface area contributed by atoms with Crippen LogP contribution in [0.2, 0.25) is 0 Å². The lowest BCUT2D eigenvalue weighted by Crippen LogP contribution is -2.42. The van der Waals surface area contributed by atoms with Gasteiger partial charge in [0.1, 0.15) is 17.4 Å². The molecule has 0 aliphatic carbocycles. The Hall–Kier alpha value is -3.39. The molecule has 0 bridgehead atoms. The molecule has 0 aliphatic rings. The van der Waals surface area contributed by atoms with Crippen LogP contribution in [0.5, 0.6) is 5.75 Å². The van der Waals surface area contributed by atoms with Crippen LogP contribution >= 0.6 is 0 Å². The highest BCUT2D eigenvalue weighted by Gasteiger charge is 2.22. The third kappa shape index (κ3) is 9.62. The number of aromatic hydroxyl groups is 1. The van der Waals surface area contributed by atoms with E-state index in [1.807, 2.05) is 26.8 Å². The Bertz CT molecular complexity index is 969. The topological polar surface area (TPSA) is 125 Å². The molecule has 8 nitrogen and oxygen atoms in total. The molecule has 0 spiro atoms. The maximum Gasteiger partial charge on any atom is 0.326 e. The highest BCUT2D eigenvalue weighted by atomic mass is 16.6. The summed E-state index contributed by atoms with van der Waals surface area (Å²) in [6.45, 7) is 6.28. The lowest BCUT2D eigenvalue weighted by molar-refractivity contribution is -0.153. The molecule has 0 aromatic heterocycles. The van der Waals surface area contributed by atoms with Gasteiger partial charge < -0.3 is 25.6 Å². The van der Waals surface area contributed by atoms with E-state index in [0.29, 0.717) is 13.0 Å². The number of benzene rings is 2. The Morgan fingerprint density at radius 1 is 1.00 bits per heavy atom. The van der Waals surface area contributed by atoms with Crippen molar-refractivity contribution < 1.29 is 29.3 Å². The minimum Gasteiger partial charge on any atom is -0.507 e. The molecule has 2 rings (SSSR count). The lowest BCUT2D eigenvalue weighted by Gasteiger charge is -2.19. The second kappa shape index (κ2) is 12.7. The molecule has 0 saturated carbocycles. The number of ether oxygens (including phenoxy) is 1. The Labute approximate surface area is 200 Å². The lowest BCUT2D eigenvalue weighted by atomic mass is 10.0. The van der Waals surface area contributed by atoms with Crippen molar-refractivity contribution in [2.24, 2.45) is 0 Å². The van der Waals surface area contributed by atoms with Gasteiger partial charge in [0.15, 0.2) is 0 Å². The third-order valence-electron chi connectivity index (χ3n) is 4.95. The second-order valence-electron chi connectivity index (χ2n) is 9.13. The molecular weight excluding hydrogens is 436 g/mol. The summed E-state index contributed by atoms with van der Waals surface area (Å²) in [5.74, 6) is -2.27. The normalized spacial score (nSPS) is 12.1. The minimum absolute atomic E-state index is 0.0297. The monoisotopic (exact) mass is 470 g/mol. The number of carboxylic acid groups (broad SMARTS) is 1. The summed E-state index contributed by atoms with van der Waals surface area (Å²) in [5, 5.41) is 25.3. The number of amides is 1. The Morgan fingerprint density at radius 3 is 2.32 bits per heavy atom. The smallest absolute Gasteiger partial charge is 0.326 e. The second-order valence-corrected chi connectivity index (χ2v) is 9.13. The first-order valence-electron chi connectivity index (χ1n) is 11.4. The number of unbranched alkanes of at least 4 members (excludes halogenated alkanes) is 1. The van der Waals surface area contributed by atoms with Crippen molar-refractivity contribution in [1.82, 2.24) is 10.6 Å². The number of esters is 1. The van der Waals surface area contributed by atoms with E-state index in [1.165, 1.54) is 12.1 Å². The van der Waals surface area contributed by atoms with Crippen LogP contribution in [0.4, 0.5) is 0 Å². The number of phenolic OH excluding ortho intramolecular Hbond substituents is 1. The average molecular weight is 471 g/mol. The summed E-state index contributed by atoms with van der Waals surface area (Å²) in [6, 6.07) is 12.7. The standard InChI is InChI=1S/C26H34N2O6/c1-26(2,3)34-23(30)17-27-14-8-7-11-19-12-13-20(22(29)16-19)24(31)28-21(25(32)33)15-18-9-5-4-6-10-18/h4-6,9-10,12-13,16,21,27,29H,7-8,11,14-15,17H2,1-3H3,(H,28,31)(H,32,33)/t21-/m0/s1. The molecule has 0 saturated heterocycles. The van der Waals surface area contributed by atoms with Gasteiger partial charge in [0, 0.05) is 6.42 Å². The van der Waals surface area contributed by atoms with Gasteiger partial charge >= 0.3 is 11.9 Å².